The Labute approximate surface area is 157 Å². The van der Waals surface area contributed by atoms with Gasteiger partial charge in [-0.05, 0) is 43.7 Å². The van der Waals surface area contributed by atoms with Crippen molar-refractivity contribution in [2.45, 2.75) is 20.3 Å². The number of ketones is 1. The molecule has 2 rings (SSSR count). The lowest BCUT2D eigenvalue weighted by Crippen LogP contribution is -2.27. The lowest BCUT2D eigenvalue weighted by molar-refractivity contribution is -0.142. The molecule has 0 aliphatic heterocycles. The first-order valence-electron chi connectivity index (χ1n) is 8.16. The van der Waals surface area contributed by atoms with E-state index in [0.717, 1.165) is 11.1 Å². The van der Waals surface area contributed by atoms with E-state index in [0.29, 0.717) is 16.1 Å². The van der Waals surface area contributed by atoms with Gasteiger partial charge in [-0.15, -0.1) is 0 Å². The molecule has 2 aromatic rings. The Kier molecular flexibility index (Phi) is 6.92. The molecular formula is C20H20ClNO4. The SMILES string of the molecule is Cc1ccc(C(=O)COC(=O)CCNC(=O)c2ccc(Cl)cc2)c(C)c1. The second kappa shape index (κ2) is 9.15. The first-order chi connectivity index (χ1) is 12.4. The van der Waals surface area contributed by atoms with Crippen LogP contribution in [0, 0.1) is 13.8 Å². The standard InChI is InChI=1S/C20H20ClNO4/c1-13-3-8-17(14(2)11-13)18(23)12-26-19(24)9-10-22-20(25)15-4-6-16(21)7-5-15/h3-8,11H,9-10,12H2,1-2H3,(H,22,25). The van der Waals surface area contributed by atoms with E-state index in [2.05, 4.69) is 5.32 Å². The largest absolute Gasteiger partial charge is 0.457 e. The predicted molar refractivity (Wildman–Crippen MR) is 99.6 cm³/mol. The summed E-state index contributed by atoms with van der Waals surface area (Å²) in [6.07, 6.45) is -0.0144. The van der Waals surface area contributed by atoms with E-state index in [1.807, 2.05) is 26.0 Å². The quantitative estimate of drug-likeness (QED) is 0.595. The van der Waals surface area contributed by atoms with E-state index in [-0.39, 0.29) is 31.3 Å². The summed E-state index contributed by atoms with van der Waals surface area (Å²) in [5, 5.41) is 3.16. The predicted octanol–water partition coefficient (Wildman–Crippen LogP) is 3.50. The monoisotopic (exact) mass is 373 g/mol. The summed E-state index contributed by atoms with van der Waals surface area (Å²) in [4.78, 5) is 35.7. The number of amides is 1. The number of carbonyl (C=O) groups is 3. The Bertz CT molecular complexity index is 815. The third kappa shape index (κ3) is 5.70. The Morgan fingerprint density at radius 1 is 1.04 bits per heavy atom. The van der Waals surface area contributed by atoms with Gasteiger partial charge in [0.05, 0.1) is 6.42 Å². The van der Waals surface area contributed by atoms with Crippen LogP contribution in [0.2, 0.25) is 5.02 Å². The van der Waals surface area contributed by atoms with Crippen LogP contribution in [0.25, 0.3) is 0 Å². The van der Waals surface area contributed by atoms with E-state index in [9.17, 15) is 14.4 Å². The van der Waals surface area contributed by atoms with E-state index in [1.165, 1.54) is 0 Å². The van der Waals surface area contributed by atoms with Crippen LogP contribution in [0.15, 0.2) is 42.5 Å². The highest BCUT2D eigenvalue weighted by atomic mass is 35.5. The summed E-state index contributed by atoms with van der Waals surface area (Å²) in [7, 11) is 0. The number of rotatable bonds is 7. The first-order valence-corrected chi connectivity index (χ1v) is 8.54. The Hall–Kier alpha value is -2.66. The second-order valence-corrected chi connectivity index (χ2v) is 6.35. The zero-order chi connectivity index (χ0) is 19.1. The third-order valence-electron chi connectivity index (χ3n) is 3.77. The highest BCUT2D eigenvalue weighted by Gasteiger charge is 2.13. The number of halogens is 1. The van der Waals surface area contributed by atoms with Gasteiger partial charge in [0.2, 0.25) is 5.78 Å². The molecule has 5 nitrogen and oxygen atoms in total. The molecule has 0 aliphatic carbocycles. The minimum atomic E-state index is -0.542. The molecule has 0 bridgehead atoms. The molecule has 26 heavy (non-hydrogen) atoms. The molecule has 0 radical (unpaired) electrons. The molecule has 0 unspecified atom stereocenters. The van der Waals surface area contributed by atoms with Gasteiger partial charge in [0, 0.05) is 22.7 Å². The van der Waals surface area contributed by atoms with Crippen molar-refractivity contribution in [1.82, 2.24) is 5.32 Å². The molecule has 1 amide bonds. The molecule has 0 fully saturated rings. The maximum Gasteiger partial charge on any atom is 0.308 e. The van der Waals surface area contributed by atoms with Crippen LogP contribution >= 0.6 is 11.6 Å². The third-order valence-corrected chi connectivity index (χ3v) is 4.02. The topological polar surface area (TPSA) is 72.5 Å². The van der Waals surface area contributed by atoms with E-state index in [1.54, 1.807) is 30.3 Å². The molecule has 0 saturated carbocycles. The fourth-order valence-corrected chi connectivity index (χ4v) is 2.53. The Balaban J connectivity index is 1.74. The molecule has 0 atom stereocenters. The van der Waals surface area contributed by atoms with Crippen molar-refractivity contribution in [3.8, 4) is 0 Å². The zero-order valence-corrected chi connectivity index (χ0v) is 15.4. The number of esters is 1. The van der Waals surface area contributed by atoms with Crippen molar-refractivity contribution in [2.75, 3.05) is 13.2 Å². The summed E-state index contributed by atoms with van der Waals surface area (Å²) in [6, 6.07) is 11.9. The van der Waals surface area contributed by atoms with Crippen LogP contribution in [-0.4, -0.2) is 30.8 Å². The molecular weight excluding hydrogens is 354 g/mol. The molecule has 0 spiro atoms. The maximum atomic E-state index is 12.1. The van der Waals surface area contributed by atoms with Gasteiger partial charge in [0.1, 0.15) is 0 Å². The smallest absolute Gasteiger partial charge is 0.308 e. The van der Waals surface area contributed by atoms with Crippen molar-refractivity contribution in [3.63, 3.8) is 0 Å². The van der Waals surface area contributed by atoms with Gasteiger partial charge >= 0.3 is 5.97 Å². The van der Waals surface area contributed by atoms with Crippen LogP contribution in [-0.2, 0) is 9.53 Å². The average Bonchev–Trinajstić information content (AvgIpc) is 2.60. The van der Waals surface area contributed by atoms with Crippen molar-refractivity contribution in [2.24, 2.45) is 0 Å². The summed E-state index contributed by atoms with van der Waals surface area (Å²) >= 11 is 5.76. The number of hydrogen-bond acceptors (Lipinski definition) is 4. The number of aryl methyl sites for hydroxylation is 2. The van der Waals surface area contributed by atoms with Crippen LogP contribution in [0.5, 0.6) is 0 Å². The van der Waals surface area contributed by atoms with Gasteiger partial charge in [0.15, 0.2) is 6.61 Å². The average molecular weight is 374 g/mol. The molecule has 0 saturated heterocycles. The number of carbonyl (C=O) groups excluding carboxylic acids is 3. The Morgan fingerprint density at radius 2 is 1.73 bits per heavy atom. The summed E-state index contributed by atoms with van der Waals surface area (Å²) < 4.78 is 4.99. The number of Topliss-reactive ketones (excluding diaryl/α,β-unsaturated/α-hetero) is 1. The Morgan fingerprint density at radius 3 is 2.38 bits per heavy atom. The first kappa shape index (κ1) is 19.7. The highest BCUT2D eigenvalue weighted by molar-refractivity contribution is 6.30. The number of hydrogen-bond donors (Lipinski definition) is 1. The van der Waals surface area contributed by atoms with Crippen molar-refractivity contribution in [1.29, 1.82) is 0 Å². The molecule has 2 aromatic carbocycles. The minimum absolute atomic E-state index is 0.0144. The van der Waals surface area contributed by atoms with Gasteiger partial charge in [-0.1, -0.05) is 35.4 Å². The van der Waals surface area contributed by atoms with E-state index >= 15 is 0 Å². The molecule has 0 aliphatic rings. The molecule has 1 N–H and O–H groups in total. The highest BCUT2D eigenvalue weighted by Crippen LogP contribution is 2.12. The van der Waals surface area contributed by atoms with Crippen LogP contribution < -0.4 is 5.32 Å². The molecule has 6 heteroatoms. The van der Waals surface area contributed by atoms with Crippen LogP contribution in [0.4, 0.5) is 0 Å². The minimum Gasteiger partial charge on any atom is -0.457 e. The summed E-state index contributed by atoms with van der Waals surface area (Å²) in [5.74, 6) is -1.10. The van der Waals surface area contributed by atoms with Gasteiger partial charge in [-0.2, -0.15) is 0 Å². The maximum absolute atomic E-state index is 12.1. The lowest BCUT2D eigenvalue weighted by Gasteiger charge is -2.08. The van der Waals surface area contributed by atoms with Crippen LogP contribution in [0.3, 0.4) is 0 Å². The van der Waals surface area contributed by atoms with Crippen molar-refractivity contribution < 1.29 is 19.1 Å². The van der Waals surface area contributed by atoms with E-state index < -0.39 is 5.97 Å². The normalized spacial score (nSPS) is 10.3. The number of benzene rings is 2. The summed E-state index contributed by atoms with van der Waals surface area (Å²) in [5.41, 5.74) is 2.90. The number of nitrogens with one attached hydrogen (secondary N) is 1. The van der Waals surface area contributed by atoms with Gasteiger partial charge in [-0.25, -0.2) is 0 Å². The fourth-order valence-electron chi connectivity index (χ4n) is 2.40. The van der Waals surface area contributed by atoms with Gasteiger partial charge in [-0.3, -0.25) is 14.4 Å². The zero-order valence-electron chi connectivity index (χ0n) is 14.7. The lowest BCUT2D eigenvalue weighted by atomic mass is 10.0. The molecule has 0 heterocycles. The van der Waals surface area contributed by atoms with Gasteiger partial charge in [0.25, 0.3) is 5.91 Å². The molecule has 136 valence electrons. The van der Waals surface area contributed by atoms with E-state index in [4.69, 9.17) is 16.3 Å². The van der Waals surface area contributed by atoms with Crippen molar-refractivity contribution >= 4 is 29.3 Å². The second-order valence-electron chi connectivity index (χ2n) is 5.92. The molecule has 0 aromatic heterocycles. The van der Waals surface area contributed by atoms with Crippen molar-refractivity contribution in [3.05, 3.63) is 69.7 Å². The van der Waals surface area contributed by atoms with Gasteiger partial charge < -0.3 is 10.1 Å². The summed E-state index contributed by atoms with van der Waals surface area (Å²) in [6.45, 7) is 3.60. The number of ether oxygens (including phenoxy) is 1. The fraction of sp³-hybridized carbons (Fsp3) is 0.250. The van der Waals surface area contributed by atoms with Crippen LogP contribution in [0.1, 0.15) is 38.3 Å².